The number of hydrogen-bond acceptors (Lipinski definition) is 4. The second kappa shape index (κ2) is 6.23. The van der Waals surface area contributed by atoms with E-state index in [1.165, 1.54) is 11.0 Å². The topological polar surface area (TPSA) is 83.7 Å². The second-order valence-electron chi connectivity index (χ2n) is 4.74. The molecule has 1 amide bonds. The summed E-state index contributed by atoms with van der Waals surface area (Å²) in [5, 5.41) is 0. The van der Waals surface area contributed by atoms with Crippen LogP contribution in [0.3, 0.4) is 0 Å². The fourth-order valence-corrected chi connectivity index (χ4v) is 3.35. The molecule has 1 aromatic carbocycles. The van der Waals surface area contributed by atoms with Gasteiger partial charge in [0.1, 0.15) is 0 Å². The van der Waals surface area contributed by atoms with Gasteiger partial charge < -0.3 is 10.6 Å². The number of nitrogens with two attached hydrogens (primary N) is 1. The number of nitrogens with zero attached hydrogens (tertiary/aromatic N) is 2. The van der Waals surface area contributed by atoms with Gasteiger partial charge in [0.2, 0.25) is 15.9 Å². The lowest BCUT2D eigenvalue weighted by Crippen LogP contribution is -2.40. The SMILES string of the molecule is CCN(CC(=O)N(C)C)S(=O)(=O)c1cc(N)ccc1C. The Morgan fingerprint density at radius 1 is 1.30 bits per heavy atom. The zero-order chi connectivity index (χ0) is 15.5. The first kappa shape index (κ1) is 16.5. The minimum absolute atomic E-state index is 0.144. The molecule has 0 heterocycles. The van der Waals surface area contributed by atoms with Crippen LogP contribution in [0, 0.1) is 6.92 Å². The maximum Gasteiger partial charge on any atom is 0.243 e. The summed E-state index contributed by atoms with van der Waals surface area (Å²) < 4.78 is 26.3. The van der Waals surface area contributed by atoms with E-state index in [0.29, 0.717) is 11.3 Å². The fraction of sp³-hybridized carbons (Fsp3) is 0.462. The highest BCUT2D eigenvalue weighted by Crippen LogP contribution is 2.22. The lowest BCUT2D eigenvalue weighted by molar-refractivity contribution is -0.128. The summed E-state index contributed by atoms with van der Waals surface area (Å²) in [5.41, 5.74) is 6.64. The summed E-state index contributed by atoms with van der Waals surface area (Å²) in [6.45, 7) is 3.44. The first-order chi connectivity index (χ1) is 9.20. The highest BCUT2D eigenvalue weighted by atomic mass is 32.2. The van der Waals surface area contributed by atoms with E-state index in [-0.39, 0.29) is 23.9 Å². The van der Waals surface area contributed by atoms with Gasteiger partial charge in [0.15, 0.2) is 0 Å². The molecule has 112 valence electrons. The van der Waals surface area contributed by atoms with E-state index in [9.17, 15) is 13.2 Å². The van der Waals surface area contributed by atoms with Crippen molar-refractivity contribution in [3.63, 3.8) is 0 Å². The van der Waals surface area contributed by atoms with Gasteiger partial charge in [-0.25, -0.2) is 8.42 Å². The molecular formula is C13H21N3O3S. The van der Waals surface area contributed by atoms with Crippen LogP contribution in [-0.4, -0.2) is 50.7 Å². The van der Waals surface area contributed by atoms with E-state index in [0.717, 1.165) is 4.31 Å². The Balaban J connectivity index is 3.19. The Morgan fingerprint density at radius 3 is 2.40 bits per heavy atom. The van der Waals surface area contributed by atoms with Crippen molar-refractivity contribution >= 4 is 21.6 Å². The number of hydrogen-bond donors (Lipinski definition) is 1. The quantitative estimate of drug-likeness (QED) is 0.810. The number of sulfonamides is 1. The molecular weight excluding hydrogens is 278 g/mol. The van der Waals surface area contributed by atoms with Crippen LogP contribution in [0.15, 0.2) is 23.1 Å². The Morgan fingerprint density at radius 2 is 1.90 bits per heavy atom. The number of carbonyl (C=O) groups is 1. The van der Waals surface area contributed by atoms with Gasteiger partial charge in [0, 0.05) is 26.3 Å². The smallest absolute Gasteiger partial charge is 0.243 e. The van der Waals surface area contributed by atoms with Crippen LogP contribution in [0.2, 0.25) is 0 Å². The molecule has 0 unspecified atom stereocenters. The van der Waals surface area contributed by atoms with Crippen LogP contribution in [0.4, 0.5) is 5.69 Å². The number of anilines is 1. The van der Waals surface area contributed by atoms with E-state index in [1.807, 2.05) is 0 Å². The minimum atomic E-state index is -3.73. The average molecular weight is 299 g/mol. The molecule has 1 rings (SSSR count). The molecule has 20 heavy (non-hydrogen) atoms. The monoisotopic (exact) mass is 299 g/mol. The predicted octanol–water partition coefficient (Wildman–Crippen LogP) is 0.676. The van der Waals surface area contributed by atoms with Gasteiger partial charge in [0.05, 0.1) is 11.4 Å². The number of nitrogen functional groups attached to an aromatic ring is 1. The Hall–Kier alpha value is -1.60. The lowest BCUT2D eigenvalue weighted by Gasteiger charge is -2.22. The molecule has 0 aliphatic carbocycles. The zero-order valence-electron chi connectivity index (χ0n) is 12.3. The summed E-state index contributed by atoms with van der Waals surface area (Å²) in [5.74, 6) is -0.267. The van der Waals surface area contributed by atoms with E-state index in [4.69, 9.17) is 5.73 Å². The Kier molecular flexibility index (Phi) is 5.13. The van der Waals surface area contributed by atoms with Gasteiger partial charge in [0.25, 0.3) is 0 Å². The second-order valence-corrected chi connectivity index (χ2v) is 6.65. The highest BCUT2D eigenvalue weighted by molar-refractivity contribution is 7.89. The minimum Gasteiger partial charge on any atom is -0.399 e. The van der Waals surface area contributed by atoms with Crippen LogP contribution in [0.25, 0.3) is 0 Å². The van der Waals surface area contributed by atoms with Crippen molar-refractivity contribution in [1.82, 2.24) is 9.21 Å². The summed E-state index contributed by atoms with van der Waals surface area (Å²) in [6.07, 6.45) is 0. The normalized spacial score (nSPS) is 11.7. The standard InChI is InChI=1S/C13H21N3O3S/c1-5-16(9-13(17)15(3)4)20(18,19)12-8-11(14)7-6-10(12)2/h6-8H,5,9,14H2,1-4H3. The van der Waals surface area contributed by atoms with E-state index >= 15 is 0 Å². The molecule has 0 aliphatic rings. The van der Waals surface area contributed by atoms with Crippen LogP contribution >= 0.6 is 0 Å². The van der Waals surface area contributed by atoms with Crippen LogP contribution < -0.4 is 5.73 Å². The van der Waals surface area contributed by atoms with Gasteiger partial charge in [-0.2, -0.15) is 4.31 Å². The Bertz CT molecular complexity index is 597. The summed E-state index contributed by atoms with van der Waals surface area (Å²) in [4.78, 5) is 13.2. The van der Waals surface area contributed by atoms with Crippen molar-refractivity contribution in [3.05, 3.63) is 23.8 Å². The van der Waals surface area contributed by atoms with Crippen molar-refractivity contribution in [1.29, 1.82) is 0 Å². The van der Waals surface area contributed by atoms with Crippen molar-refractivity contribution in [2.75, 3.05) is 32.9 Å². The molecule has 0 aliphatic heterocycles. The van der Waals surface area contributed by atoms with Gasteiger partial charge in [-0.15, -0.1) is 0 Å². The molecule has 7 heteroatoms. The molecule has 0 spiro atoms. The van der Waals surface area contributed by atoms with Gasteiger partial charge in [-0.05, 0) is 24.6 Å². The van der Waals surface area contributed by atoms with Gasteiger partial charge in [-0.1, -0.05) is 13.0 Å². The molecule has 1 aromatic rings. The number of likely N-dealkylation sites (N-methyl/N-ethyl adjacent to an activating group) is 2. The molecule has 0 radical (unpaired) electrons. The van der Waals surface area contributed by atoms with Crippen molar-refractivity contribution in [2.45, 2.75) is 18.7 Å². The van der Waals surface area contributed by atoms with E-state index in [2.05, 4.69) is 0 Å². The third kappa shape index (κ3) is 3.49. The number of benzene rings is 1. The van der Waals surface area contributed by atoms with Crippen LogP contribution in [-0.2, 0) is 14.8 Å². The van der Waals surface area contributed by atoms with Crippen molar-refractivity contribution in [2.24, 2.45) is 0 Å². The number of aryl methyl sites for hydroxylation is 1. The van der Waals surface area contributed by atoms with Crippen molar-refractivity contribution < 1.29 is 13.2 Å². The summed E-state index contributed by atoms with van der Waals surface area (Å²) >= 11 is 0. The van der Waals surface area contributed by atoms with E-state index < -0.39 is 10.0 Å². The number of amides is 1. The largest absolute Gasteiger partial charge is 0.399 e. The molecule has 0 saturated heterocycles. The number of rotatable bonds is 5. The molecule has 6 nitrogen and oxygen atoms in total. The highest BCUT2D eigenvalue weighted by Gasteiger charge is 2.27. The van der Waals surface area contributed by atoms with Crippen LogP contribution in [0.5, 0.6) is 0 Å². The van der Waals surface area contributed by atoms with Gasteiger partial charge >= 0.3 is 0 Å². The third-order valence-corrected chi connectivity index (χ3v) is 5.06. The number of carbonyl (C=O) groups excluding carboxylic acids is 1. The average Bonchev–Trinajstić information content (AvgIpc) is 2.37. The molecule has 2 N–H and O–H groups in total. The van der Waals surface area contributed by atoms with Crippen LogP contribution in [0.1, 0.15) is 12.5 Å². The van der Waals surface area contributed by atoms with Gasteiger partial charge in [-0.3, -0.25) is 4.79 Å². The zero-order valence-corrected chi connectivity index (χ0v) is 13.1. The maximum atomic E-state index is 12.6. The Labute approximate surface area is 120 Å². The molecule has 0 fully saturated rings. The summed E-state index contributed by atoms with van der Waals surface area (Å²) in [6, 6.07) is 4.73. The fourth-order valence-electron chi connectivity index (χ4n) is 1.69. The van der Waals surface area contributed by atoms with E-state index in [1.54, 1.807) is 40.1 Å². The molecule has 0 bridgehead atoms. The molecule has 0 aromatic heterocycles. The summed E-state index contributed by atoms with van der Waals surface area (Å²) in [7, 11) is -0.543. The van der Waals surface area contributed by atoms with Crippen molar-refractivity contribution in [3.8, 4) is 0 Å². The first-order valence-corrected chi connectivity index (χ1v) is 7.70. The first-order valence-electron chi connectivity index (χ1n) is 6.26. The maximum absolute atomic E-state index is 12.6. The molecule has 0 saturated carbocycles. The molecule has 0 atom stereocenters. The predicted molar refractivity (Wildman–Crippen MR) is 78.7 cm³/mol. The lowest BCUT2D eigenvalue weighted by atomic mass is 10.2. The third-order valence-electron chi connectivity index (χ3n) is 2.99.